The fourth-order valence-corrected chi connectivity index (χ4v) is 3.84. The van der Waals surface area contributed by atoms with Crippen molar-refractivity contribution in [1.82, 2.24) is 0 Å². The van der Waals surface area contributed by atoms with Gasteiger partial charge in [0.05, 0.1) is 4.90 Å². The van der Waals surface area contributed by atoms with Crippen molar-refractivity contribution in [1.29, 1.82) is 0 Å². The van der Waals surface area contributed by atoms with Gasteiger partial charge in [0.1, 0.15) is 28.6 Å². The van der Waals surface area contributed by atoms with E-state index in [1.807, 2.05) is 48.7 Å². The Bertz CT molecular complexity index is 1160. The summed E-state index contributed by atoms with van der Waals surface area (Å²) >= 11 is 7.54. The van der Waals surface area contributed by atoms with E-state index in [0.717, 1.165) is 27.2 Å². The van der Waals surface area contributed by atoms with Gasteiger partial charge in [-0.3, -0.25) is 4.79 Å². The first-order chi connectivity index (χ1) is 14.0. The van der Waals surface area contributed by atoms with Gasteiger partial charge in [0.2, 0.25) is 0 Å². The van der Waals surface area contributed by atoms with Crippen molar-refractivity contribution >= 4 is 40.3 Å². The topological polar surface area (TPSA) is 48.7 Å². The molecule has 4 rings (SSSR count). The fourth-order valence-electron chi connectivity index (χ4n) is 2.99. The van der Waals surface area contributed by atoms with Crippen molar-refractivity contribution in [2.45, 2.75) is 11.8 Å². The van der Waals surface area contributed by atoms with Crippen LogP contribution in [0.4, 0.5) is 0 Å². The number of esters is 1. The summed E-state index contributed by atoms with van der Waals surface area (Å²) in [6, 6.07) is 20.2. The molecule has 0 atom stereocenters. The molecule has 29 heavy (non-hydrogen) atoms. The van der Waals surface area contributed by atoms with E-state index in [-0.39, 0.29) is 5.97 Å². The molecule has 0 radical (unpaired) electrons. The third-order valence-corrected chi connectivity index (χ3v) is 5.31. The van der Waals surface area contributed by atoms with Crippen LogP contribution in [0.25, 0.3) is 22.3 Å². The van der Waals surface area contributed by atoms with Gasteiger partial charge in [-0.2, -0.15) is 0 Å². The van der Waals surface area contributed by atoms with E-state index in [1.165, 1.54) is 6.92 Å². The maximum atomic E-state index is 11.1. The van der Waals surface area contributed by atoms with Crippen LogP contribution < -0.4 is 9.47 Å². The summed E-state index contributed by atoms with van der Waals surface area (Å²) in [5.41, 5.74) is 1.68. The van der Waals surface area contributed by atoms with Gasteiger partial charge in [-0.15, -0.1) is 11.8 Å². The summed E-state index contributed by atoms with van der Waals surface area (Å²) in [7, 11) is 0. The highest BCUT2D eigenvalue weighted by molar-refractivity contribution is 7.99. The molecule has 146 valence electrons. The van der Waals surface area contributed by atoms with E-state index in [1.54, 1.807) is 36.0 Å². The molecule has 6 heteroatoms. The lowest BCUT2D eigenvalue weighted by Crippen LogP contribution is -2.00. The second-order valence-corrected chi connectivity index (χ2v) is 7.55. The lowest BCUT2D eigenvalue weighted by Gasteiger charge is -2.06. The second kappa shape index (κ2) is 8.23. The van der Waals surface area contributed by atoms with E-state index < -0.39 is 0 Å². The molecule has 1 aromatic heterocycles. The number of hydrogen-bond acceptors (Lipinski definition) is 5. The van der Waals surface area contributed by atoms with Crippen LogP contribution in [0.5, 0.6) is 17.2 Å². The van der Waals surface area contributed by atoms with Gasteiger partial charge in [-0.25, -0.2) is 0 Å². The molecule has 0 aliphatic carbocycles. The predicted octanol–water partition coefficient (Wildman–Crippen LogP) is 7.19. The van der Waals surface area contributed by atoms with Crippen molar-refractivity contribution in [3.63, 3.8) is 0 Å². The number of carbonyl (C=O) groups excluding carboxylic acids is 1. The molecule has 0 N–H and O–H groups in total. The maximum Gasteiger partial charge on any atom is 0.308 e. The highest BCUT2D eigenvalue weighted by Gasteiger charge is 2.16. The number of rotatable bonds is 5. The number of ether oxygens (including phenoxy) is 2. The summed E-state index contributed by atoms with van der Waals surface area (Å²) in [5.74, 6) is 2.35. The average molecular weight is 425 g/mol. The van der Waals surface area contributed by atoms with Crippen molar-refractivity contribution in [2.75, 3.05) is 6.26 Å². The molecule has 4 nitrogen and oxygen atoms in total. The molecular formula is C23H17ClO4S. The summed E-state index contributed by atoms with van der Waals surface area (Å²) < 4.78 is 17.2. The van der Waals surface area contributed by atoms with Gasteiger partial charge in [0.15, 0.2) is 0 Å². The molecule has 0 aliphatic heterocycles. The minimum atomic E-state index is -0.348. The smallest absolute Gasteiger partial charge is 0.308 e. The van der Waals surface area contributed by atoms with Crippen LogP contribution in [0, 0.1) is 0 Å². The third kappa shape index (κ3) is 4.26. The lowest BCUT2D eigenvalue weighted by molar-refractivity contribution is -0.131. The number of carbonyl (C=O) groups is 1. The summed E-state index contributed by atoms with van der Waals surface area (Å²) in [6.45, 7) is 1.38. The number of furan rings is 1. The Labute approximate surface area is 177 Å². The molecule has 0 bridgehead atoms. The van der Waals surface area contributed by atoms with Crippen LogP contribution in [0.1, 0.15) is 6.92 Å². The minimum Gasteiger partial charge on any atom is -0.457 e. The third-order valence-electron chi connectivity index (χ3n) is 4.25. The van der Waals surface area contributed by atoms with Gasteiger partial charge >= 0.3 is 5.97 Å². The molecule has 4 aromatic rings. The summed E-state index contributed by atoms with van der Waals surface area (Å²) in [4.78, 5) is 12.1. The number of fused-ring (bicyclic) bond motifs is 1. The van der Waals surface area contributed by atoms with E-state index in [9.17, 15) is 4.79 Å². The standard InChI is InChI=1S/C23H17ClO4S/c1-14(25)26-17-7-3-15(4-8-17)22-23(29-2)20-13-19(11-12-21(20)28-22)27-18-9-5-16(24)6-10-18/h3-13H,1-2H3. The average Bonchev–Trinajstić information content (AvgIpc) is 3.08. The van der Waals surface area contributed by atoms with Gasteiger partial charge in [-0.1, -0.05) is 11.6 Å². The first kappa shape index (κ1) is 19.4. The van der Waals surface area contributed by atoms with Crippen molar-refractivity contribution < 1.29 is 18.7 Å². The zero-order valence-corrected chi connectivity index (χ0v) is 17.3. The Kier molecular flexibility index (Phi) is 5.51. The quantitative estimate of drug-likeness (QED) is 0.193. The minimum absolute atomic E-state index is 0.348. The summed E-state index contributed by atoms with van der Waals surface area (Å²) in [5, 5.41) is 1.64. The predicted molar refractivity (Wildman–Crippen MR) is 116 cm³/mol. The zero-order chi connectivity index (χ0) is 20.4. The van der Waals surface area contributed by atoms with Crippen LogP contribution in [0.15, 0.2) is 76.0 Å². The van der Waals surface area contributed by atoms with Gasteiger partial charge in [0, 0.05) is 22.9 Å². The normalized spacial score (nSPS) is 10.9. The van der Waals surface area contributed by atoms with Crippen LogP contribution in [-0.2, 0) is 4.79 Å². The zero-order valence-electron chi connectivity index (χ0n) is 15.8. The van der Waals surface area contributed by atoms with Crippen LogP contribution in [-0.4, -0.2) is 12.2 Å². The van der Waals surface area contributed by atoms with Crippen LogP contribution >= 0.6 is 23.4 Å². The second-order valence-electron chi connectivity index (χ2n) is 6.30. The number of benzene rings is 3. The van der Waals surface area contributed by atoms with E-state index in [2.05, 4.69) is 0 Å². The van der Waals surface area contributed by atoms with E-state index in [4.69, 9.17) is 25.5 Å². The number of halogens is 1. The number of hydrogen-bond donors (Lipinski definition) is 0. The Morgan fingerprint density at radius 2 is 1.59 bits per heavy atom. The van der Waals surface area contributed by atoms with Crippen molar-refractivity contribution in [3.05, 3.63) is 71.8 Å². The van der Waals surface area contributed by atoms with Crippen LogP contribution in [0.2, 0.25) is 5.02 Å². The molecule has 0 unspecified atom stereocenters. The molecule has 0 spiro atoms. The van der Waals surface area contributed by atoms with E-state index in [0.29, 0.717) is 22.3 Å². The van der Waals surface area contributed by atoms with Gasteiger partial charge in [0.25, 0.3) is 0 Å². The first-order valence-electron chi connectivity index (χ1n) is 8.86. The molecular weight excluding hydrogens is 408 g/mol. The van der Waals surface area contributed by atoms with Crippen LogP contribution in [0.3, 0.4) is 0 Å². The molecule has 0 amide bonds. The van der Waals surface area contributed by atoms with Crippen molar-refractivity contribution in [3.8, 4) is 28.6 Å². The molecule has 3 aromatic carbocycles. The van der Waals surface area contributed by atoms with Gasteiger partial charge in [-0.05, 0) is 73.0 Å². The Hall–Kier alpha value is -2.89. The summed E-state index contributed by atoms with van der Waals surface area (Å²) in [6.07, 6.45) is 2.01. The highest BCUT2D eigenvalue weighted by atomic mass is 35.5. The van der Waals surface area contributed by atoms with Crippen molar-refractivity contribution in [2.24, 2.45) is 0 Å². The Balaban J connectivity index is 1.68. The van der Waals surface area contributed by atoms with E-state index >= 15 is 0 Å². The van der Waals surface area contributed by atoms with Gasteiger partial charge < -0.3 is 13.9 Å². The molecule has 0 aliphatic rings. The SMILES string of the molecule is CSc1c(-c2ccc(OC(C)=O)cc2)oc2ccc(Oc3ccc(Cl)cc3)cc12. The highest BCUT2D eigenvalue weighted by Crippen LogP contribution is 2.41. The molecule has 1 heterocycles. The Morgan fingerprint density at radius 3 is 2.24 bits per heavy atom. The maximum absolute atomic E-state index is 11.1. The first-order valence-corrected chi connectivity index (χ1v) is 10.5. The fraction of sp³-hybridized carbons (Fsp3) is 0.0870. The monoisotopic (exact) mass is 424 g/mol. The molecule has 0 saturated heterocycles. The number of thioether (sulfide) groups is 1. The molecule has 0 saturated carbocycles. The molecule has 0 fully saturated rings. The largest absolute Gasteiger partial charge is 0.457 e. The Morgan fingerprint density at radius 1 is 0.931 bits per heavy atom. The lowest BCUT2D eigenvalue weighted by atomic mass is 10.1.